The maximum Gasteiger partial charge on any atom is 0.389 e. The van der Waals surface area contributed by atoms with Gasteiger partial charge in [-0.1, -0.05) is 36.4 Å². The van der Waals surface area contributed by atoms with Crippen LogP contribution in [-0.4, -0.2) is 25.9 Å². The van der Waals surface area contributed by atoms with Crippen molar-refractivity contribution in [1.29, 1.82) is 5.26 Å². The number of halogens is 3. The van der Waals surface area contributed by atoms with E-state index in [-0.39, 0.29) is 17.0 Å². The SMILES string of the molecule is [C-]#[N+]C(C#N)=C1OC(C)(CCC(F)(F)F)C(C=CC=Cc2ccc(N(C)C)cc2)=C1[N+]#[C-]. The van der Waals surface area contributed by atoms with Gasteiger partial charge < -0.3 is 9.64 Å². The van der Waals surface area contributed by atoms with Crippen molar-refractivity contribution < 1.29 is 17.9 Å². The highest BCUT2D eigenvalue weighted by molar-refractivity contribution is 5.58. The fourth-order valence-corrected chi connectivity index (χ4v) is 3.12. The molecule has 0 radical (unpaired) electrons. The molecule has 0 spiro atoms. The Morgan fingerprint density at radius 3 is 2.31 bits per heavy atom. The molecule has 1 heterocycles. The van der Waals surface area contributed by atoms with Gasteiger partial charge in [0.2, 0.25) is 5.70 Å². The fourth-order valence-electron chi connectivity index (χ4n) is 3.12. The first-order valence-corrected chi connectivity index (χ1v) is 9.57. The Balaban J connectivity index is 2.40. The molecule has 1 aliphatic heterocycles. The summed E-state index contributed by atoms with van der Waals surface area (Å²) in [4.78, 5) is 8.38. The van der Waals surface area contributed by atoms with Crippen molar-refractivity contribution in [3.8, 4) is 6.07 Å². The minimum absolute atomic E-state index is 0.123. The Labute approximate surface area is 185 Å². The predicted molar refractivity (Wildman–Crippen MR) is 117 cm³/mol. The van der Waals surface area contributed by atoms with Gasteiger partial charge in [-0.25, -0.2) is 15.0 Å². The summed E-state index contributed by atoms with van der Waals surface area (Å²) in [5.74, 6) is -0.273. The number of ether oxygens (including phenoxy) is 1. The Morgan fingerprint density at radius 2 is 1.81 bits per heavy atom. The van der Waals surface area contributed by atoms with Gasteiger partial charge >= 0.3 is 6.18 Å². The summed E-state index contributed by atoms with van der Waals surface area (Å²) < 4.78 is 44.2. The lowest BCUT2D eigenvalue weighted by atomic mass is 9.90. The molecule has 1 aromatic carbocycles. The molecule has 0 saturated carbocycles. The van der Waals surface area contributed by atoms with Crippen LogP contribution in [0.4, 0.5) is 18.9 Å². The molecule has 0 aliphatic carbocycles. The van der Waals surface area contributed by atoms with Crippen LogP contribution in [0.25, 0.3) is 15.8 Å². The molecule has 8 heteroatoms. The van der Waals surface area contributed by atoms with Gasteiger partial charge in [0.15, 0.2) is 0 Å². The number of nitriles is 1. The minimum atomic E-state index is -4.41. The Hall–Kier alpha value is -3.96. The molecule has 1 aromatic rings. The second kappa shape index (κ2) is 9.90. The molecule has 1 unspecified atom stereocenters. The summed E-state index contributed by atoms with van der Waals surface area (Å²) >= 11 is 0. The second-order valence-corrected chi connectivity index (χ2v) is 7.43. The average molecular weight is 438 g/mol. The maximum absolute atomic E-state index is 12.9. The first-order valence-electron chi connectivity index (χ1n) is 9.57. The molecule has 1 aliphatic rings. The molecule has 0 saturated heterocycles. The van der Waals surface area contributed by atoms with Crippen molar-refractivity contribution in [2.45, 2.75) is 31.5 Å². The van der Waals surface area contributed by atoms with Crippen LogP contribution in [0.2, 0.25) is 0 Å². The number of benzene rings is 1. The molecule has 0 fully saturated rings. The zero-order valence-corrected chi connectivity index (χ0v) is 17.9. The molecule has 164 valence electrons. The predicted octanol–water partition coefficient (Wildman–Crippen LogP) is 6.28. The first kappa shape index (κ1) is 24.3. The number of nitrogens with zero attached hydrogens (tertiary/aromatic N) is 4. The van der Waals surface area contributed by atoms with Gasteiger partial charge in [0.05, 0.1) is 19.2 Å². The van der Waals surface area contributed by atoms with E-state index in [4.69, 9.17) is 23.1 Å². The number of hydrogen-bond acceptors (Lipinski definition) is 3. The molecular formula is C24H21F3N4O. The molecule has 0 amide bonds. The van der Waals surface area contributed by atoms with Crippen LogP contribution in [0, 0.1) is 24.5 Å². The third-order valence-corrected chi connectivity index (χ3v) is 4.87. The Bertz CT molecular complexity index is 1090. The van der Waals surface area contributed by atoms with Crippen molar-refractivity contribution in [3.05, 3.63) is 93.6 Å². The van der Waals surface area contributed by atoms with Crippen LogP contribution >= 0.6 is 0 Å². The monoisotopic (exact) mass is 438 g/mol. The highest BCUT2D eigenvalue weighted by Crippen LogP contribution is 2.45. The Kier molecular flexibility index (Phi) is 7.52. The number of allylic oxidation sites excluding steroid dienone is 3. The van der Waals surface area contributed by atoms with Gasteiger partial charge in [0.1, 0.15) is 11.4 Å². The minimum Gasteiger partial charge on any atom is -0.505 e. The lowest BCUT2D eigenvalue weighted by Gasteiger charge is -2.28. The van der Waals surface area contributed by atoms with Crippen LogP contribution in [0.15, 0.2) is 65.2 Å². The van der Waals surface area contributed by atoms with E-state index in [1.807, 2.05) is 49.3 Å². The number of anilines is 1. The van der Waals surface area contributed by atoms with E-state index < -0.39 is 30.3 Å². The lowest BCUT2D eigenvalue weighted by Crippen LogP contribution is -2.28. The molecule has 32 heavy (non-hydrogen) atoms. The third kappa shape index (κ3) is 5.80. The van der Waals surface area contributed by atoms with Crippen LogP contribution in [-0.2, 0) is 4.74 Å². The smallest absolute Gasteiger partial charge is 0.389 e. The van der Waals surface area contributed by atoms with Crippen molar-refractivity contribution in [1.82, 2.24) is 0 Å². The maximum atomic E-state index is 12.9. The summed E-state index contributed by atoms with van der Waals surface area (Å²) in [5.41, 5.74) is 0.0880. The van der Waals surface area contributed by atoms with E-state index in [9.17, 15) is 13.2 Å². The topological polar surface area (TPSA) is 45.0 Å². The van der Waals surface area contributed by atoms with E-state index in [2.05, 4.69) is 9.69 Å². The van der Waals surface area contributed by atoms with Crippen molar-refractivity contribution in [2.75, 3.05) is 19.0 Å². The zero-order chi connectivity index (χ0) is 23.9. The zero-order valence-electron chi connectivity index (χ0n) is 17.9. The van der Waals surface area contributed by atoms with Crippen molar-refractivity contribution in [3.63, 3.8) is 0 Å². The molecule has 1 atom stereocenters. The lowest BCUT2D eigenvalue weighted by molar-refractivity contribution is -0.143. The number of hydrogen-bond donors (Lipinski definition) is 0. The molecule has 0 bridgehead atoms. The summed E-state index contributed by atoms with van der Waals surface area (Å²) in [6.45, 7) is 16.0. The summed E-state index contributed by atoms with van der Waals surface area (Å²) in [6, 6.07) is 9.40. The largest absolute Gasteiger partial charge is 0.505 e. The Morgan fingerprint density at radius 1 is 1.19 bits per heavy atom. The van der Waals surface area contributed by atoms with Crippen LogP contribution < -0.4 is 4.90 Å². The van der Waals surface area contributed by atoms with Gasteiger partial charge in [-0.2, -0.15) is 13.2 Å². The van der Waals surface area contributed by atoms with E-state index in [1.165, 1.54) is 13.0 Å². The van der Waals surface area contributed by atoms with Gasteiger partial charge in [-0.3, -0.25) is 0 Å². The van der Waals surface area contributed by atoms with Gasteiger partial charge in [0, 0.05) is 31.8 Å². The van der Waals surface area contributed by atoms with Crippen molar-refractivity contribution in [2.24, 2.45) is 0 Å². The van der Waals surface area contributed by atoms with Crippen LogP contribution in [0.5, 0.6) is 0 Å². The standard InChI is InChI=1S/C24H21F3N4O/c1-23(14-15-24(25,26)27)19(21(30-3)22(32-23)20(16-28)29-2)9-7-6-8-17-10-12-18(13-11-17)31(4)5/h6-13H,14-15H2,1,4-5H3. The molecule has 0 aromatic heterocycles. The molecule has 2 rings (SSSR count). The highest BCUT2D eigenvalue weighted by atomic mass is 19.4. The van der Waals surface area contributed by atoms with E-state index in [0.717, 1.165) is 11.3 Å². The fraction of sp³-hybridized carbons (Fsp3) is 0.292. The van der Waals surface area contributed by atoms with E-state index in [0.29, 0.717) is 0 Å². The van der Waals surface area contributed by atoms with Crippen LogP contribution in [0.3, 0.4) is 0 Å². The normalized spacial score (nSPS) is 20.1. The molecule has 0 N–H and O–H groups in total. The average Bonchev–Trinajstić information content (AvgIpc) is 3.02. The summed E-state index contributed by atoms with van der Waals surface area (Å²) in [6.07, 6.45) is 0.613. The van der Waals surface area contributed by atoms with Gasteiger partial charge in [-0.05, 0) is 31.0 Å². The summed E-state index contributed by atoms with van der Waals surface area (Å²) in [5, 5.41) is 9.17. The van der Waals surface area contributed by atoms with Gasteiger partial charge in [-0.15, -0.1) is 0 Å². The van der Waals surface area contributed by atoms with Crippen molar-refractivity contribution >= 4 is 11.8 Å². The highest BCUT2D eigenvalue weighted by Gasteiger charge is 2.44. The summed E-state index contributed by atoms with van der Waals surface area (Å²) in [7, 11) is 3.87. The first-order chi connectivity index (χ1) is 15.0. The number of rotatable bonds is 6. The molecular weight excluding hydrogens is 417 g/mol. The number of alkyl halides is 3. The van der Waals surface area contributed by atoms with E-state index in [1.54, 1.807) is 18.2 Å². The molecule has 5 nitrogen and oxygen atoms in total. The van der Waals surface area contributed by atoms with Crippen LogP contribution in [0.1, 0.15) is 25.3 Å². The quantitative estimate of drug-likeness (QED) is 0.298. The second-order valence-electron chi connectivity index (χ2n) is 7.43. The van der Waals surface area contributed by atoms with Gasteiger partial charge in [0.25, 0.3) is 5.70 Å². The third-order valence-electron chi connectivity index (χ3n) is 4.87. The van der Waals surface area contributed by atoms with E-state index >= 15 is 0 Å².